The molecule has 3 aromatic rings. The Hall–Kier alpha value is -3.48. The summed E-state index contributed by atoms with van der Waals surface area (Å²) in [5.41, 5.74) is 4.02. The molecule has 0 atom stereocenters. The monoisotopic (exact) mass is 350 g/mol. The van der Waals surface area contributed by atoms with E-state index >= 15 is 0 Å². The van der Waals surface area contributed by atoms with Crippen molar-refractivity contribution in [2.45, 2.75) is 20.3 Å². The average Bonchev–Trinajstić information content (AvgIpc) is 2.91. The highest BCUT2D eigenvalue weighted by atomic mass is 16.6. The molecule has 0 spiro atoms. The number of non-ortho nitro benzene ring substituents is 1. The molecule has 1 amide bonds. The third kappa shape index (κ3) is 3.61. The van der Waals surface area contributed by atoms with Gasteiger partial charge in [-0.15, -0.1) is 0 Å². The van der Waals surface area contributed by atoms with Crippen molar-refractivity contribution in [2.24, 2.45) is 0 Å². The fourth-order valence-corrected chi connectivity index (χ4v) is 2.78. The van der Waals surface area contributed by atoms with Crippen LogP contribution in [-0.4, -0.2) is 20.6 Å². The van der Waals surface area contributed by atoms with Gasteiger partial charge in [-0.3, -0.25) is 14.9 Å². The van der Waals surface area contributed by atoms with E-state index in [0.717, 1.165) is 22.6 Å². The van der Waals surface area contributed by atoms with Crippen LogP contribution in [0.5, 0.6) is 0 Å². The topological polar surface area (TPSA) is 90.1 Å². The fraction of sp³-hybridized carbons (Fsp3) is 0.158. The van der Waals surface area contributed by atoms with Crippen LogP contribution in [0, 0.1) is 24.0 Å². The van der Waals surface area contributed by atoms with Crippen LogP contribution in [0.15, 0.2) is 54.6 Å². The Labute approximate surface area is 150 Å². The standard InChI is InChI=1S/C19H18N4O3/c1-13-18(14(2)22(21-13)16-6-4-3-5-7-16)12-19(24)20-15-8-10-17(11-9-15)23(25)26/h3-11H,12H2,1-2H3,(H,20,24). The van der Waals surface area contributed by atoms with Gasteiger partial charge in [-0.1, -0.05) is 18.2 Å². The first-order valence-electron chi connectivity index (χ1n) is 8.10. The van der Waals surface area contributed by atoms with E-state index < -0.39 is 4.92 Å². The van der Waals surface area contributed by atoms with E-state index in [0.29, 0.717) is 5.69 Å². The first-order valence-corrected chi connectivity index (χ1v) is 8.10. The lowest BCUT2D eigenvalue weighted by molar-refractivity contribution is -0.384. The van der Waals surface area contributed by atoms with Gasteiger partial charge < -0.3 is 5.32 Å². The van der Waals surface area contributed by atoms with E-state index in [-0.39, 0.29) is 18.0 Å². The van der Waals surface area contributed by atoms with E-state index in [1.54, 1.807) is 0 Å². The van der Waals surface area contributed by atoms with Gasteiger partial charge in [0.15, 0.2) is 0 Å². The summed E-state index contributed by atoms with van der Waals surface area (Å²) in [4.78, 5) is 22.6. The van der Waals surface area contributed by atoms with Crippen molar-refractivity contribution < 1.29 is 9.72 Å². The quantitative estimate of drug-likeness (QED) is 0.562. The highest BCUT2D eigenvalue weighted by molar-refractivity contribution is 5.92. The molecule has 1 aromatic heterocycles. The molecule has 0 aliphatic heterocycles. The number of carbonyl (C=O) groups excluding carboxylic acids is 1. The molecule has 0 radical (unpaired) electrons. The highest BCUT2D eigenvalue weighted by Gasteiger charge is 2.16. The zero-order valence-corrected chi connectivity index (χ0v) is 14.5. The van der Waals surface area contributed by atoms with Crippen LogP contribution in [0.25, 0.3) is 5.69 Å². The van der Waals surface area contributed by atoms with Crippen LogP contribution >= 0.6 is 0 Å². The number of nitro benzene ring substituents is 1. The molecule has 7 heteroatoms. The number of hydrogen-bond donors (Lipinski definition) is 1. The van der Waals surface area contributed by atoms with Gasteiger partial charge in [0.1, 0.15) is 0 Å². The SMILES string of the molecule is Cc1nn(-c2ccccc2)c(C)c1CC(=O)Nc1ccc([N+](=O)[O-])cc1. The number of para-hydroxylation sites is 1. The maximum absolute atomic E-state index is 12.4. The molecule has 0 unspecified atom stereocenters. The van der Waals surface area contributed by atoms with Crippen LogP contribution in [0.3, 0.4) is 0 Å². The Morgan fingerprint density at radius 3 is 2.38 bits per heavy atom. The number of benzene rings is 2. The Balaban J connectivity index is 1.75. The molecule has 3 rings (SSSR count). The number of carbonyl (C=O) groups is 1. The Morgan fingerprint density at radius 2 is 1.77 bits per heavy atom. The van der Waals surface area contributed by atoms with Gasteiger partial charge in [0.2, 0.25) is 5.91 Å². The van der Waals surface area contributed by atoms with Gasteiger partial charge in [-0.2, -0.15) is 5.10 Å². The average molecular weight is 350 g/mol. The minimum absolute atomic E-state index is 0.0150. The molecule has 26 heavy (non-hydrogen) atoms. The summed E-state index contributed by atoms with van der Waals surface area (Å²) in [6.45, 7) is 3.81. The van der Waals surface area contributed by atoms with E-state index in [4.69, 9.17) is 0 Å². The number of amides is 1. The third-order valence-electron chi connectivity index (χ3n) is 4.14. The summed E-state index contributed by atoms with van der Waals surface area (Å²) in [6.07, 6.45) is 0.182. The number of aromatic nitrogens is 2. The van der Waals surface area contributed by atoms with Gasteiger partial charge in [0.25, 0.3) is 5.69 Å². The normalized spacial score (nSPS) is 10.5. The second-order valence-corrected chi connectivity index (χ2v) is 5.93. The van der Waals surface area contributed by atoms with Gasteiger partial charge in [-0.05, 0) is 38.1 Å². The highest BCUT2D eigenvalue weighted by Crippen LogP contribution is 2.20. The first kappa shape index (κ1) is 17.3. The van der Waals surface area contributed by atoms with Gasteiger partial charge in [0, 0.05) is 29.1 Å². The molecule has 2 aromatic carbocycles. The predicted molar refractivity (Wildman–Crippen MR) is 98.5 cm³/mol. The van der Waals surface area contributed by atoms with E-state index in [1.165, 1.54) is 24.3 Å². The Bertz CT molecular complexity index is 947. The van der Waals surface area contributed by atoms with Gasteiger partial charge >= 0.3 is 0 Å². The number of aryl methyl sites for hydroxylation is 1. The maximum Gasteiger partial charge on any atom is 0.269 e. The number of nitrogens with zero attached hydrogens (tertiary/aromatic N) is 3. The summed E-state index contributed by atoms with van der Waals surface area (Å²) in [5, 5.41) is 18.0. The second kappa shape index (κ2) is 7.18. The molecular weight excluding hydrogens is 332 g/mol. The molecule has 7 nitrogen and oxygen atoms in total. The number of rotatable bonds is 5. The van der Waals surface area contributed by atoms with E-state index in [2.05, 4.69) is 10.4 Å². The van der Waals surface area contributed by atoms with Crippen molar-refractivity contribution in [1.82, 2.24) is 9.78 Å². The maximum atomic E-state index is 12.4. The summed E-state index contributed by atoms with van der Waals surface area (Å²) >= 11 is 0. The van der Waals surface area contributed by atoms with Crippen LogP contribution in [0.4, 0.5) is 11.4 Å². The van der Waals surface area contributed by atoms with Gasteiger partial charge in [-0.25, -0.2) is 4.68 Å². The molecule has 1 N–H and O–H groups in total. The zero-order chi connectivity index (χ0) is 18.7. The third-order valence-corrected chi connectivity index (χ3v) is 4.14. The van der Waals surface area contributed by atoms with Crippen LogP contribution in [0.2, 0.25) is 0 Å². The number of nitrogens with one attached hydrogen (secondary N) is 1. The number of anilines is 1. The van der Waals surface area contributed by atoms with Crippen molar-refractivity contribution in [3.8, 4) is 5.69 Å². The van der Waals surface area contributed by atoms with Crippen LogP contribution < -0.4 is 5.32 Å². The molecule has 0 fully saturated rings. The summed E-state index contributed by atoms with van der Waals surface area (Å²) < 4.78 is 1.82. The lowest BCUT2D eigenvalue weighted by atomic mass is 10.1. The second-order valence-electron chi connectivity index (χ2n) is 5.93. The first-order chi connectivity index (χ1) is 12.5. The molecular formula is C19H18N4O3. The summed E-state index contributed by atoms with van der Waals surface area (Å²) in [7, 11) is 0. The molecule has 0 bridgehead atoms. The molecule has 0 aliphatic carbocycles. The smallest absolute Gasteiger partial charge is 0.269 e. The molecule has 0 saturated carbocycles. The summed E-state index contributed by atoms with van der Waals surface area (Å²) in [5.74, 6) is -0.197. The van der Waals surface area contributed by atoms with Crippen molar-refractivity contribution in [2.75, 3.05) is 5.32 Å². The van der Waals surface area contributed by atoms with E-state index in [9.17, 15) is 14.9 Å². The van der Waals surface area contributed by atoms with Gasteiger partial charge in [0.05, 0.1) is 22.7 Å². The minimum Gasteiger partial charge on any atom is -0.326 e. The van der Waals surface area contributed by atoms with Crippen molar-refractivity contribution >= 4 is 17.3 Å². The van der Waals surface area contributed by atoms with Crippen LogP contribution in [0.1, 0.15) is 17.0 Å². The number of nitro groups is 1. The zero-order valence-electron chi connectivity index (χ0n) is 14.5. The van der Waals surface area contributed by atoms with E-state index in [1.807, 2.05) is 48.9 Å². The Kier molecular flexibility index (Phi) is 4.79. The van der Waals surface area contributed by atoms with Crippen LogP contribution in [-0.2, 0) is 11.2 Å². The largest absolute Gasteiger partial charge is 0.326 e. The number of hydrogen-bond acceptors (Lipinski definition) is 4. The minimum atomic E-state index is -0.476. The Morgan fingerprint density at radius 1 is 1.12 bits per heavy atom. The van der Waals surface area contributed by atoms with Crippen molar-refractivity contribution in [3.05, 3.63) is 81.7 Å². The molecule has 132 valence electrons. The van der Waals surface area contributed by atoms with Crippen molar-refractivity contribution in [3.63, 3.8) is 0 Å². The summed E-state index contributed by atoms with van der Waals surface area (Å²) in [6, 6.07) is 15.5. The molecule has 0 aliphatic rings. The lowest BCUT2D eigenvalue weighted by Gasteiger charge is -2.07. The fourth-order valence-electron chi connectivity index (χ4n) is 2.78. The lowest BCUT2D eigenvalue weighted by Crippen LogP contribution is -2.15. The molecule has 1 heterocycles. The van der Waals surface area contributed by atoms with Crippen molar-refractivity contribution in [1.29, 1.82) is 0 Å². The predicted octanol–water partition coefficient (Wildman–Crippen LogP) is 3.58. The molecule has 0 saturated heterocycles.